The molecule has 3 amide bonds. The van der Waals surface area contributed by atoms with Crippen molar-refractivity contribution in [3.05, 3.63) is 0 Å². The van der Waals surface area contributed by atoms with Gasteiger partial charge in [0.15, 0.2) is 0 Å². The summed E-state index contributed by atoms with van der Waals surface area (Å²) in [5.41, 5.74) is -0.936. The molecule has 0 saturated heterocycles. The maximum Gasteiger partial charge on any atom is 0.326 e. The fraction of sp³-hybridized carbons (Fsp3) is 0.848. The molecule has 7 N–H and O–H groups in total. The third-order valence-electron chi connectivity index (χ3n) is 7.29. The molecule has 45 heavy (non-hydrogen) atoms. The Morgan fingerprint density at radius 3 is 1.76 bits per heavy atom. The first kappa shape index (κ1) is 42.3. The summed E-state index contributed by atoms with van der Waals surface area (Å²) in [4.78, 5) is 60.7. The van der Waals surface area contributed by atoms with Gasteiger partial charge in [0.2, 0.25) is 17.7 Å². The van der Waals surface area contributed by atoms with Crippen LogP contribution in [0.2, 0.25) is 0 Å². The normalized spacial score (nSPS) is 13.9. The number of carbonyl (C=O) groups is 5. The zero-order valence-electron chi connectivity index (χ0n) is 29.6. The van der Waals surface area contributed by atoms with Crippen molar-refractivity contribution in [1.29, 1.82) is 0 Å². The molecule has 0 aliphatic rings. The van der Waals surface area contributed by atoms with Gasteiger partial charge in [0, 0.05) is 43.4 Å². The van der Waals surface area contributed by atoms with Crippen molar-refractivity contribution in [3.8, 4) is 0 Å². The van der Waals surface area contributed by atoms with Crippen molar-refractivity contribution < 1.29 is 34.2 Å². The molecule has 0 aliphatic carbocycles. The zero-order valence-corrected chi connectivity index (χ0v) is 29.6. The highest BCUT2D eigenvalue weighted by Crippen LogP contribution is 2.30. The van der Waals surface area contributed by atoms with Gasteiger partial charge in [-0.25, -0.2) is 4.79 Å². The predicted octanol–water partition coefficient (Wildman–Crippen LogP) is 3.58. The zero-order chi connectivity index (χ0) is 35.1. The van der Waals surface area contributed by atoms with E-state index in [-0.39, 0.29) is 66.0 Å². The lowest BCUT2D eigenvalue weighted by molar-refractivity contribution is -0.142. The molecule has 12 nitrogen and oxygen atoms in total. The molecule has 0 radical (unpaired) electrons. The van der Waals surface area contributed by atoms with Gasteiger partial charge in [0.1, 0.15) is 12.1 Å². The van der Waals surface area contributed by atoms with Gasteiger partial charge in [-0.3, -0.25) is 19.2 Å². The Balaban J connectivity index is 4.73. The van der Waals surface area contributed by atoms with Gasteiger partial charge < -0.3 is 36.8 Å². The molecule has 0 bridgehead atoms. The molecule has 0 aliphatic heterocycles. The molecule has 0 saturated carbocycles. The number of carboxylic acid groups (broad SMARTS) is 2. The van der Waals surface area contributed by atoms with E-state index < -0.39 is 29.9 Å². The van der Waals surface area contributed by atoms with Gasteiger partial charge in [0.25, 0.3) is 0 Å². The minimum atomic E-state index is -1.04. The summed E-state index contributed by atoms with van der Waals surface area (Å²) < 4.78 is 0. The molecule has 262 valence electrons. The van der Waals surface area contributed by atoms with Gasteiger partial charge in [-0.05, 0) is 90.5 Å². The largest absolute Gasteiger partial charge is 0.481 e. The Bertz CT molecular complexity index is 967. The van der Waals surface area contributed by atoms with Gasteiger partial charge in [-0.15, -0.1) is 0 Å². The topological polar surface area (TPSA) is 186 Å². The van der Waals surface area contributed by atoms with Crippen LogP contribution in [0.15, 0.2) is 0 Å². The average molecular weight is 642 g/mol. The van der Waals surface area contributed by atoms with Crippen LogP contribution >= 0.6 is 0 Å². The van der Waals surface area contributed by atoms with Gasteiger partial charge in [-0.1, -0.05) is 34.6 Å². The Morgan fingerprint density at radius 1 is 0.644 bits per heavy atom. The Morgan fingerprint density at radius 2 is 1.22 bits per heavy atom. The van der Waals surface area contributed by atoms with E-state index in [1.807, 2.05) is 48.5 Å². The smallest absolute Gasteiger partial charge is 0.326 e. The fourth-order valence-electron chi connectivity index (χ4n) is 4.68. The number of carboxylic acids is 2. The molecule has 0 rings (SSSR count). The molecule has 0 fully saturated rings. The first-order chi connectivity index (χ1) is 20.4. The van der Waals surface area contributed by atoms with E-state index in [4.69, 9.17) is 5.11 Å². The number of nitrogens with one attached hydrogen (secondary N) is 5. The summed E-state index contributed by atoms with van der Waals surface area (Å²) in [6.07, 6.45) is 3.52. The van der Waals surface area contributed by atoms with Crippen LogP contribution in [-0.4, -0.2) is 82.7 Å². The van der Waals surface area contributed by atoms with Gasteiger partial charge in [0.05, 0.1) is 0 Å². The van der Waals surface area contributed by atoms with Crippen LogP contribution in [0.4, 0.5) is 0 Å². The number of amides is 3. The summed E-state index contributed by atoms with van der Waals surface area (Å²) in [5.74, 6) is -3.07. The lowest BCUT2D eigenvalue weighted by atomic mass is 9.80. The van der Waals surface area contributed by atoms with E-state index in [2.05, 4.69) is 47.4 Å². The monoisotopic (exact) mass is 641 g/mol. The molecule has 0 aromatic carbocycles. The number of rotatable bonds is 22. The van der Waals surface area contributed by atoms with Crippen LogP contribution in [0.5, 0.6) is 0 Å². The molecular weight excluding hydrogens is 578 g/mol. The third kappa shape index (κ3) is 23.3. The van der Waals surface area contributed by atoms with E-state index >= 15 is 0 Å². The summed E-state index contributed by atoms with van der Waals surface area (Å²) in [7, 11) is 0. The predicted molar refractivity (Wildman–Crippen MR) is 177 cm³/mol. The molecule has 12 heteroatoms. The highest BCUT2D eigenvalue weighted by molar-refractivity contribution is 5.88. The molecule has 0 heterocycles. The maximum atomic E-state index is 12.8. The van der Waals surface area contributed by atoms with Gasteiger partial charge in [-0.2, -0.15) is 0 Å². The van der Waals surface area contributed by atoms with E-state index in [1.165, 1.54) is 0 Å². The SMILES string of the molecule is CC(C)(C)CC(=O)N[C@H](CCC(=O)O)C(=O)NCCNC(C)(C)CCC(C)(C)CC(=O)N[C@@H](CCCCNC(C)(C)C)C(=O)O. The minimum Gasteiger partial charge on any atom is -0.481 e. The third-order valence-corrected chi connectivity index (χ3v) is 7.29. The number of hydrogen-bond acceptors (Lipinski definition) is 7. The minimum absolute atomic E-state index is 0.000764. The van der Waals surface area contributed by atoms with E-state index in [9.17, 15) is 29.1 Å². The van der Waals surface area contributed by atoms with Crippen molar-refractivity contribution in [2.75, 3.05) is 19.6 Å². The average Bonchev–Trinajstić information content (AvgIpc) is 2.84. The van der Waals surface area contributed by atoms with E-state index in [0.717, 1.165) is 19.4 Å². The van der Waals surface area contributed by atoms with Gasteiger partial charge >= 0.3 is 11.9 Å². The number of unbranched alkanes of at least 4 members (excludes halogenated alkanes) is 1. The molecule has 0 aromatic rings. The van der Waals surface area contributed by atoms with E-state index in [1.54, 1.807) is 0 Å². The second-order valence-corrected chi connectivity index (χ2v) is 15.9. The maximum absolute atomic E-state index is 12.8. The second kappa shape index (κ2) is 19.1. The van der Waals surface area contributed by atoms with Crippen molar-refractivity contribution in [1.82, 2.24) is 26.6 Å². The quantitative estimate of drug-likeness (QED) is 0.0868. The lowest BCUT2D eigenvalue weighted by Gasteiger charge is -2.32. The van der Waals surface area contributed by atoms with Crippen LogP contribution in [0, 0.1) is 10.8 Å². The summed E-state index contributed by atoms with van der Waals surface area (Å²) in [6.45, 7) is 21.5. The van der Waals surface area contributed by atoms with Crippen LogP contribution in [0.3, 0.4) is 0 Å². The molecular formula is C33H63N5O7. The number of carbonyl (C=O) groups excluding carboxylic acids is 3. The Hall–Kier alpha value is -2.73. The van der Waals surface area contributed by atoms with Crippen LogP contribution in [-0.2, 0) is 24.0 Å². The van der Waals surface area contributed by atoms with Crippen molar-refractivity contribution in [2.45, 2.75) is 150 Å². The second-order valence-electron chi connectivity index (χ2n) is 15.9. The van der Waals surface area contributed by atoms with E-state index in [0.29, 0.717) is 25.8 Å². The number of hydrogen-bond donors (Lipinski definition) is 7. The first-order valence-corrected chi connectivity index (χ1v) is 16.2. The highest BCUT2D eigenvalue weighted by atomic mass is 16.4. The standard InChI is InChI=1S/C33H63N5O7/c1-30(2,3)21-25(39)37-23(14-15-27(41)42)28(43)34-19-20-36-33(9,10)17-16-32(7,8)22-26(40)38-24(29(44)45)13-11-12-18-35-31(4,5)6/h23-24,35-36H,11-22H2,1-10H3,(H,34,43)(H,37,39)(H,38,40)(H,41,42)(H,44,45)/t23-,24+/m1/s1. The van der Waals surface area contributed by atoms with Crippen LogP contribution < -0.4 is 26.6 Å². The highest BCUT2D eigenvalue weighted by Gasteiger charge is 2.29. The summed E-state index contributed by atoms with van der Waals surface area (Å²) in [5, 5.41) is 33.6. The van der Waals surface area contributed by atoms with Crippen molar-refractivity contribution in [2.24, 2.45) is 10.8 Å². The van der Waals surface area contributed by atoms with Crippen molar-refractivity contribution in [3.63, 3.8) is 0 Å². The summed E-state index contributed by atoms with van der Waals surface area (Å²) >= 11 is 0. The number of aliphatic carboxylic acids is 2. The molecule has 0 aromatic heterocycles. The first-order valence-electron chi connectivity index (χ1n) is 16.2. The Kier molecular flexibility index (Phi) is 17.9. The fourth-order valence-corrected chi connectivity index (χ4v) is 4.68. The molecule has 2 atom stereocenters. The Labute approximate surface area is 271 Å². The van der Waals surface area contributed by atoms with Crippen molar-refractivity contribution >= 4 is 29.7 Å². The van der Waals surface area contributed by atoms with Crippen LogP contribution in [0.1, 0.15) is 127 Å². The van der Waals surface area contributed by atoms with Crippen LogP contribution in [0.25, 0.3) is 0 Å². The molecule has 0 spiro atoms. The summed E-state index contributed by atoms with van der Waals surface area (Å²) in [6, 6.07) is -1.84. The molecule has 0 unspecified atom stereocenters. The lowest BCUT2D eigenvalue weighted by Crippen LogP contribution is -2.50.